The van der Waals surface area contributed by atoms with Crippen LogP contribution in [0, 0.1) is 6.92 Å². The van der Waals surface area contributed by atoms with Crippen LogP contribution in [0.15, 0.2) is 119 Å². The Balaban J connectivity index is 1.36. The van der Waals surface area contributed by atoms with Crippen LogP contribution in [0.25, 0.3) is 0 Å². The summed E-state index contributed by atoms with van der Waals surface area (Å²) in [5.41, 5.74) is 3.57. The van der Waals surface area contributed by atoms with Crippen LogP contribution < -0.4 is 18.9 Å². The molecule has 0 aliphatic rings. The largest absolute Gasteiger partial charge is 0.486 e. The molecule has 0 aliphatic carbocycles. The van der Waals surface area contributed by atoms with Crippen molar-refractivity contribution < 1.29 is 28.5 Å². The Labute approximate surface area is 339 Å². The van der Waals surface area contributed by atoms with Gasteiger partial charge in [0.15, 0.2) is 11.5 Å². The first-order valence-corrected chi connectivity index (χ1v) is 20.0. The maximum atomic E-state index is 13.3. The minimum atomic E-state index is -0.577. The predicted octanol–water partition coefficient (Wildman–Crippen LogP) is 14.0. The first kappa shape index (κ1) is 42.0. The first-order chi connectivity index (χ1) is 27.3. The number of azo groups is 1. The Kier molecular flexibility index (Phi) is 16.8. The number of ether oxygens (including phenoxy) is 4. The SMILES string of the molecule is CCCCCCCCCCCCOc1c(OC(=O)c2ccc(Cl)cc2)ccc(N=Nc2ccc(OC(=O)c3ccc(C)cc3)cc2)c1OCc1ccc(Cl)cc1. The van der Waals surface area contributed by atoms with Crippen LogP contribution in [-0.2, 0) is 6.61 Å². The number of hydrogen-bond donors (Lipinski definition) is 0. The normalized spacial score (nSPS) is 11.1. The van der Waals surface area contributed by atoms with Gasteiger partial charge in [-0.3, -0.25) is 0 Å². The van der Waals surface area contributed by atoms with Gasteiger partial charge in [0.2, 0.25) is 5.75 Å². The van der Waals surface area contributed by atoms with Crippen molar-refractivity contribution in [1.82, 2.24) is 0 Å². The molecule has 0 spiro atoms. The highest BCUT2D eigenvalue weighted by molar-refractivity contribution is 6.30. The van der Waals surface area contributed by atoms with E-state index in [1.54, 1.807) is 84.9 Å². The second-order valence-electron chi connectivity index (χ2n) is 13.5. The highest BCUT2D eigenvalue weighted by atomic mass is 35.5. The lowest BCUT2D eigenvalue weighted by atomic mass is 10.1. The molecular formula is C46H48Cl2N2O6. The van der Waals surface area contributed by atoms with Crippen molar-refractivity contribution in [1.29, 1.82) is 0 Å². The van der Waals surface area contributed by atoms with E-state index in [2.05, 4.69) is 17.2 Å². The van der Waals surface area contributed by atoms with Gasteiger partial charge in [-0.25, -0.2) is 9.59 Å². The molecule has 5 aromatic rings. The van der Waals surface area contributed by atoms with E-state index in [0.717, 1.165) is 30.4 Å². The highest BCUT2D eigenvalue weighted by Gasteiger charge is 2.22. The molecule has 0 bridgehead atoms. The van der Waals surface area contributed by atoms with E-state index in [-0.39, 0.29) is 23.9 Å². The lowest BCUT2D eigenvalue weighted by Crippen LogP contribution is -2.11. The first-order valence-electron chi connectivity index (χ1n) is 19.2. The molecule has 0 heterocycles. The second-order valence-corrected chi connectivity index (χ2v) is 14.4. The fourth-order valence-corrected chi connectivity index (χ4v) is 6.01. The summed E-state index contributed by atoms with van der Waals surface area (Å²) in [6.45, 7) is 4.72. The van der Waals surface area contributed by atoms with Crippen molar-refractivity contribution in [3.8, 4) is 23.0 Å². The fourth-order valence-electron chi connectivity index (χ4n) is 5.76. The van der Waals surface area contributed by atoms with E-state index in [1.165, 1.54) is 44.9 Å². The Hall–Kier alpha value is -5.18. The van der Waals surface area contributed by atoms with Gasteiger partial charge >= 0.3 is 11.9 Å². The Bertz CT molecular complexity index is 2020. The standard InChI is InChI=1S/C46H48Cl2N2O6/c1-3-4-5-6-7-8-9-10-11-12-31-53-44-42(56-46(52)36-19-23-38(48)24-20-36)30-29-41(43(44)54-32-34-15-21-37(47)22-16-34)50-49-39-25-27-40(28-26-39)55-45(51)35-17-13-33(2)14-18-35/h13-30H,3-12,31-32H2,1-2H3. The smallest absolute Gasteiger partial charge is 0.343 e. The Morgan fingerprint density at radius 1 is 0.554 bits per heavy atom. The molecule has 0 saturated heterocycles. The number of aryl methyl sites for hydroxylation is 1. The summed E-state index contributed by atoms with van der Waals surface area (Å²) < 4.78 is 24.3. The van der Waals surface area contributed by atoms with Gasteiger partial charge in [0.1, 0.15) is 18.0 Å². The number of rotatable bonds is 21. The number of benzene rings is 5. The fraction of sp³-hybridized carbons (Fsp3) is 0.304. The highest BCUT2D eigenvalue weighted by Crippen LogP contribution is 2.46. The number of nitrogens with zero attached hydrogens (tertiary/aromatic N) is 2. The van der Waals surface area contributed by atoms with Crippen LogP contribution in [0.1, 0.15) is 103 Å². The minimum absolute atomic E-state index is 0.157. The lowest BCUT2D eigenvalue weighted by Gasteiger charge is -2.18. The van der Waals surface area contributed by atoms with Crippen LogP contribution in [0.3, 0.4) is 0 Å². The van der Waals surface area contributed by atoms with Crippen LogP contribution in [-0.4, -0.2) is 18.5 Å². The number of halogens is 2. The third kappa shape index (κ3) is 13.5. The maximum Gasteiger partial charge on any atom is 0.343 e. The molecular weight excluding hydrogens is 747 g/mol. The zero-order chi connectivity index (χ0) is 39.5. The van der Waals surface area contributed by atoms with E-state index in [9.17, 15) is 9.59 Å². The number of esters is 2. The van der Waals surface area contributed by atoms with Crippen molar-refractivity contribution >= 4 is 46.5 Å². The van der Waals surface area contributed by atoms with Gasteiger partial charge in [0.25, 0.3) is 0 Å². The zero-order valence-electron chi connectivity index (χ0n) is 32.0. The number of unbranched alkanes of at least 4 members (excludes halogenated alkanes) is 9. The number of hydrogen-bond acceptors (Lipinski definition) is 8. The summed E-state index contributed by atoms with van der Waals surface area (Å²) >= 11 is 12.2. The summed E-state index contributed by atoms with van der Waals surface area (Å²) in [4.78, 5) is 25.9. The molecule has 0 radical (unpaired) electrons. The Morgan fingerprint density at radius 2 is 1.11 bits per heavy atom. The van der Waals surface area contributed by atoms with E-state index >= 15 is 0 Å². The molecule has 0 unspecified atom stereocenters. The molecule has 0 fully saturated rings. The number of carbonyl (C=O) groups is 2. The van der Waals surface area contributed by atoms with Crippen LogP contribution in [0.2, 0.25) is 10.0 Å². The quantitative estimate of drug-likeness (QED) is 0.0318. The van der Waals surface area contributed by atoms with Crippen molar-refractivity contribution in [3.63, 3.8) is 0 Å². The summed E-state index contributed by atoms with van der Waals surface area (Å²) in [6.07, 6.45) is 11.8. The van der Waals surface area contributed by atoms with Gasteiger partial charge in [-0.1, -0.05) is 118 Å². The molecule has 5 aromatic carbocycles. The Morgan fingerprint density at radius 3 is 1.73 bits per heavy atom. The van der Waals surface area contributed by atoms with Gasteiger partial charge in [0.05, 0.1) is 23.4 Å². The van der Waals surface area contributed by atoms with Crippen molar-refractivity contribution in [3.05, 3.63) is 141 Å². The van der Waals surface area contributed by atoms with E-state index in [4.69, 9.17) is 42.1 Å². The van der Waals surface area contributed by atoms with Gasteiger partial charge in [-0.15, -0.1) is 5.11 Å². The lowest BCUT2D eigenvalue weighted by molar-refractivity contribution is 0.0720. The molecule has 0 aromatic heterocycles. The van der Waals surface area contributed by atoms with Crippen LogP contribution in [0.4, 0.5) is 11.4 Å². The molecule has 0 aliphatic heterocycles. The monoisotopic (exact) mass is 794 g/mol. The average Bonchev–Trinajstić information content (AvgIpc) is 3.20. The van der Waals surface area contributed by atoms with Crippen molar-refractivity contribution in [2.45, 2.75) is 84.7 Å². The molecule has 10 heteroatoms. The molecule has 56 heavy (non-hydrogen) atoms. The minimum Gasteiger partial charge on any atom is -0.486 e. The second kappa shape index (κ2) is 22.4. The third-order valence-electron chi connectivity index (χ3n) is 8.99. The van der Waals surface area contributed by atoms with Gasteiger partial charge in [-0.2, -0.15) is 5.11 Å². The summed E-state index contributed by atoms with van der Waals surface area (Å²) in [6, 6.07) is 30.9. The van der Waals surface area contributed by atoms with E-state index in [1.807, 2.05) is 31.2 Å². The average molecular weight is 796 g/mol. The van der Waals surface area contributed by atoms with Crippen molar-refractivity contribution in [2.24, 2.45) is 10.2 Å². The van der Waals surface area contributed by atoms with Crippen LogP contribution >= 0.6 is 23.2 Å². The molecule has 0 saturated carbocycles. The molecule has 5 rings (SSSR count). The topological polar surface area (TPSA) is 95.8 Å². The summed E-state index contributed by atoms with van der Waals surface area (Å²) in [5.74, 6) is 0.0291. The van der Waals surface area contributed by atoms with E-state index < -0.39 is 11.9 Å². The van der Waals surface area contributed by atoms with Gasteiger partial charge in [0, 0.05) is 10.0 Å². The zero-order valence-corrected chi connectivity index (χ0v) is 33.5. The van der Waals surface area contributed by atoms with Gasteiger partial charge < -0.3 is 18.9 Å². The third-order valence-corrected chi connectivity index (χ3v) is 9.49. The van der Waals surface area contributed by atoms with Gasteiger partial charge in [-0.05, 0) is 104 Å². The molecule has 0 atom stereocenters. The molecule has 292 valence electrons. The molecule has 0 amide bonds. The summed E-state index contributed by atoms with van der Waals surface area (Å²) in [7, 11) is 0. The molecule has 0 N–H and O–H groups in total. The number of carbonyl (C=O) groups excluding carboxylic acids is 2. The van der Waals surface area contributed by atoms with Crippen LogP contribution in [0.5, 0.6) is 23.0 Å². The van der Waals surface area contributed by atoms with E-state index in [0.29, 0.717) is 44.9 Å². The summed E-state index contributed by atoms with van der Waals surface area (Å²) in [5, 5.41) is 10.1. The predicted molar refractivity (Wildman–Crippen MR) is 223 cm³/mol. The molecule has 8 nitrogen and oxygen atoms in total. The van der Waals surface area contributed by atoms with Crippen molar-refractivity contribution in [2.75, 3.05) is 6.61 Å². The maximum absolute atomic E-state index is 13.3.